The van der Waals surface area contributed by atoms with Gasteiger partial charge in [-0.15, -0.1) is 0 Å². The summed E-state index contributed by atoms with van der Waals surface area (Å²) in [5.41, 5.74) is 0.965. The Morgan fingerprint density at radius 1 is 1.09 bits per heavy atom. The topological polar surface area (TPSA) is 79.3 Å². The van der Waals surface area contributed by atoms with E-state index in [-0.39, 0.29) is 11.3 Å². The van der Waals surface area contributed by atoms with Gasteiger partial charge >= 0.3 is 0 Å². The maximum atomic E-state index is 13.1. The van der Waals surface area contributed by atoms with E-state index >= 15 is 0 Å². The number of aliphatic hydroxyl groups is 1. The van der Waals surface area contributed by atoms with Gasteiger partial charge in [-0.2, -0.15) is 0 Å². The minimum Gasteiger partial charge on any atom is -0.507 e. The van der Waals surface area contributed by atoms with Crippen molar-refractivity contribution in [2.75, 3.05) is 41.4 Å². The molecule has 8 heteroatoms. The number of ether oxygens (including phenoxy) is 2. The third kappa shape index (κ3) is 4.59. The molecule has 1 atom stereocenters. The van der Waals surface area contributed by atoms with Crippen molar-refractivity contribution in [3.63, 3.8) is 0 Å². The zero-order valence-electron chi connectivity index (χ0n) is 18.6. The van der Waals surface area contributed by atoms with E-state index in [0.717, 1.165) is 6.54 Å². The highest BCUT2D eigenvalue weighted by Gasteiger charge is 2.47. The van der Waals surface area contributed by atoms with Crippen LogP contribution in [0.2, 0.25) is 5.02 Å². The lowest BCUT2D eigenvalue weighted by atomic mass is 9.94. The van der Waals surface area contributed by atoms with Crippen LogP contribution in [0.1, 0.15) is 23.6 Å². The SMILES string of the molecule is COc1cccc([C@@H]2/C(=C(\O)c3ccc(Cl)cc3)C(=O)C(=O)N2CCCN(C)C)c1OC. The summed E-state index contributed by atoms with van der Waals surface area (Å²) in [6.07, 6.45) is 0.657. The highest BCUT2D eigenvalue weighted by atomic mass is 35.5. The second-order valence-electron chi connectivity index (χ2n) is 7.74. The molecule has 170 valence electrons. The van der Waals surface area contributed by atoms with Gasteiger partial charge < -0.3 is 24.4 Å². The van der Waals surface area contributed by atoms with Gasteiger partial charge in [0.1, 0.15) is 5.76 Å². The van der Waals surface area contributed by atoms with Gasteiger partial charge in [0.15, 0.2) is 11.5 Å². The Bertz CT molecular complexity index is 1030. The Labute approximate surface area is 192 Å². The highest BCUT2D eigenvalue weighted by molar-refractivity contribution is 6.46. The molecule has 1 fully saturated rings. The number of carbonyl (C=O) groups is 2. The van der Waals surface area contributed by atoms with Crippen molar-refractivity contribution in [2.45, 2.75) is 12.5 Å². The van der Waals surface area contributed by atoms with Gasteiger partial charge in [0.25, 0.3) is 11.7 Å². The first kappa shape index (κ1) is 23.6. The van der Waals surface area contributed by atoms with E-state index in [1.807, 2.05) is 19.0 Å². The third-order valence-corrected chi connectivity index (χ3v) is 5.64. The summed E-state index contributed by atoms with van der Waals surface area (Å²) in [6.45, 7) is 1.08. The largest absolute Gasteiger partial charge is 0.507 e. The van der Waals surface area contributed by atoms with E-state index in [2.05, 4.69) is 0 Å². The van der Waals surface area contributed by atoms with Crippen molar-refractivity contribution >= 4 is 29.1 Å². The normalized spacial score (nSPS) is 17.8. The van der Waals surface area contributed by atoms with Crippen LogP contribution >= 0.6 is 11.6 Å². The minimum absolute atomic E-state index is 0.00808. The minimum atomic E-state index is -0.821. The van der Waals surface area contributed by atoms with Crippen LogP contribution in [0.25, 0.3) is 5.76 Å². The Morgan fingerprint density at radius 3 is 2.38 bits per heavy atom. The lowest BCUT2D eigenvalue weighted by Gasteiger charge is -2.27. The number of ketones is 1. The molecule has 1 saturated heterocycles. The molecule has 0 bridgehead atoms. The van der Waals surface area contributed by atoms with E-state index in [1.165, 1.54) is 19.1 Å². The summed E-state index contributed by atoms with van der Waals surface area (Å²) in [4.78, 5) is 29.7. The van der Waals surface area contributed by atoms with Gasteiger partial charge in [0.2, 0.25) is 0 Å². The molecule has 2 aromatic rings. The van der Waals surface area contributed by atoms with Crippen LogP contribution < -0.4 is 9.47 Å². The van der Waals surface area contributed by atoms with Crippen LogP contribution in [0.4, 0.5) is 0 Å². The zero-order chi connectivity index (χ0) is 23.4. The molecule has 0 radical (unpaired) electrons. The Kier molecular flexibility index (Phi) is 7.43. The standard InChI is InChI=1S/C24H27ClN2O5/c1-26(2)13-6-14-27-20(17-7-5-8-18(31-3)23(17)32-4)19(22(29)24(27)30)21(28)15-9-11-16(25)12-10-15/h5,7-12,20,28H,6,13-14H2,1-4H3/b21-19+/t20-/m1/s1. The van der Waals surface area contributed by atoms with Crippen molar-refractivity contribution in [1.82, 2.24) is 9.80 Å². The van der Waals surface area contributed by atoms with Crippen molar-refractivity contribution in [3.8, 4) is 11.5 Å². The fourth-order valence-electron chi connectivity index (χ4n) is 3.88. The second-order valence-corrected chi connectivity index (χ2v) is 8.18. The zero-order valence-corrected chi connectivity index (χ0v) is 19.3. The van der Waals surface area contributed by atoms with Gasteiger partial charge in [-0.05, 0) is 57.4 Å². The fourth-order valence-corrected chi connectivity index (χ4v) is 4.01. The first-order valence-corrected chi connectivity index (χ1v) is 10.6. The number of carbonyl (C=O) groups excluding carboxylic acids is 2. The number of rotatable bonds is 8. The summed E-state index contributed by atoms with van der Waals surface area (Å²) in [5.74, 6) is -0.784. The summed E-state index contributed by atoms with van der Waals surface area (Å²) >= 11 is 5.97. The van der Waals surface area contributed by atoms with Gasteiger partial charge in [-0.25, -0.2) is 0 Å². The van der Waals surface area contributed by atoms with E-state index in [4.69, 9.17) is 21.1 Å². The molecule has 1 heterocycles. The summed E-state index contributed by atoms with van der Waals surface area (Å²) in [5, 5.41) is 11.6. The maximum absolute atomic E-state index is 13.1. The Morgan fingerprint density at radius 2 is 1.78 bits per heavy atom. The number of para-hydroxylation sites is 1. The molecule has 2 aromatic carbocycles. The second kappa shape index (κ2) is 10.1. The molecular formula is C24H27ClN2O5. The summed E-state index contributed by atoms with van der Waals surface area (Å²) in [6, 6.07) is 10.9. The van der Waals surface area contributed by atoms with Crippen molar-refractivity contribution in [1.29, 1.82) is 0 Å². The van der Waals surface area contributed by atoms with E-state index < -0.39 is 17.7 Å². The van der Waals surface area contributed by atoms with Gasteiger partial charge in [-0.1, -0.05) is 23.7 Å². The van der Waals surface area contributed by atoms with E-state index in [9.17, 15) is 14.7 Å². The number of amides is 1. The average molecular weight is 459 g/mol. The van der Waals surface area contributed by atoms with Crippen molar-refractivity contribution in [2.24, 2.45) is 0 Å². The lowest BCUT2D eigenvalue weighted by molar-refractivity contribution is -0.140. The first-order valence-electron chi connectivity index (χ1n) is 10.2. The molecule has 0 unspecified atom stereocenters. The molecule has 1 aliphatic rings. The van der Waals surface area contributed by atoms with Crippen LogP contribution in [0.5, 0.6) is 11.5 Å². The van der Waals surface area contributed by atoms with Gasteiger partial charge in [-0.3, -0.25) is 9.59 Å². The van der Waals surface area contributed by atoms with Crippen LogP contribution in [-0.4, -0.2) is 68.0 Å². The van der Waals surface area contributed by atoms with E-state index in [1.54, 1.807) is 42.5 Å². The smallest absolute Gasteiger partial charge is 0.295 e. The number of hydrogen-bond donors (Lipinski definition) is 1. The Hall–Kier alpha value is -3.03. The van der Waals surface area contributed by atoms with Gasteiger partial charge in [0, 0.05) is 22.7 Å². The molecule has 1 aliphatic heterocycles. The van der Waals surface area contributed by atoms with E-state index in [0.29, 0.717) is 40.6 Å². The number of hydrogen-bond acceptors (Lipinski definition) is 6. The van der Waals surface area contributed by atoms with Crippen LogP contribution in [0.3, 0.4) is 0 Å². The van der Waals surface area contributed by atoms with Gasteiger partial charge in [0.05, 0.1) is 25.8 Å². The monoisotopic (exact) mass is 458 g/mol. The number of nitrogens with zero attached hydrogens (tertiary/aromatic N) is 2. The number of benzene rings is 2. The third-order valence-electron chi connectivity index (χ3n) is 5.39. The number of halogens is 1. The number of Topliss-reactive ketones (excluding diaryl/α,β-unsaturated/α-hetero) is 1. The Balaban J connectivity index is 2.19. The first-order chi connectivity index (χ1) is 15.3. The van der Waals surface area contributed by atoms with Crippen molar-refractivity contribution < 1.29 is 24.2 Å². The molecule has 32 heavy (non-hydrogen) atoms. The molecule has 1 amide bonds. The lowest BCUT2D eigenvalue weighted by Crippen LogP contribution is -2.32. The molecule has 0 aliphatic carbocycles. The molecule has 0 spiro atoms. The predicted octanol–water partition coefficient (Wildman–Crippen LogP) is 3.73. The number of likely N-dealkylation sites (tertiary alicyclic amines) is 1. The number of aliphatic hydroxyl groups excluding tert-OH is 1. The average Bonchev–Trinajstić information content (AvgIpc) is 3.03. The molecule has 0 aromatic heterocycles. The highest BCUT2D eigenvalue weighted by Crippen LogP contribution is 2.45. The fraction of sp³-hybridized carbons (Fsp3) is 0.333. The maximum Gasteiger partial charge on any atom is 0.295 e. The molecule has 1 N–H and O–H groups in total. The molecule has 0 saturated carbocycles. The quantitative estimate of drug-likeness (QED) is 0.369. The number of methoxy groups -OCH3 is 2. The van der Waals surface area contributed by atoms with Crippen LogP contribution in [0.15, 0.2) is 48.0 Å². The molecular weight excluding hydrogens is 432 g/mol. The summed E-state index contributed by atoms with van der Waals surface area (Å²) in [7, 11) is 6.90. The molecule has 7 nitrogen and oxygen atoms in total. The van der Waals surface area contributed by atoms with Crippen LogP contribution in [-0.2, 0) is 9.59 Å². The summed E-state index contributed by atoms with van der Waals surface area (Å²) < 4.78 is 11.0. The van der Waals surface area contributed by atoms with Crippen LogP contribution in [0, 0.1) is 0 Å². The predicted molar refractivity (Wildman–Crippen MR) is 123 cm³/mol. The molecule has 3 rings (SSSR count). The van der Waals surface area contributed by atoms with Crippen molar-refractivity contribution in [3.05, 3.63) is 64.2 Å².